The summed E-state index contributed by atoms with van der Waals surface area (Å²) in [4.78, 5) is -2.56. The van der Waals surface area contributed by atoms with E-state index in [-0.39, 0.29) is 21.5 Å². The van der Waals surface area contributed by atoms with E-state index < -0.39 is 23.4 Å². The highest BCUT2D eigenvalue weighted by molar-refractivity contribution is 6.68. The van der Waals surface area contributed by atoms with Crippen molar-refractivity contribution in [2.45, 2.75) is 40.4 Å². The van der Waals surface area contributed by atoms with Crippen molar-refractivity contribution in [3.8, 4) is 0 Å². The Morgan fingerprint density at radius 1 is 0.952 bits per heavy atom. The number of rotatable bonds is 5. The van der Waals surface area contributed by atoms with Gasteiger partial charge in [-0.1, -0.05) is 53.3 Å². The van der Waals surface area contributed by atoms with Crippen LogP contribution in [-0.2, 0) is 8.85 Å². The summed E-state index contributed by atoms with van der Waals surface area (Å²) in [6.45, 7) is 6.66. The van der Waals surface area contributed by atoms with Gasteiger partial charge in [-0.05, 0) is 19.8 Å². The molecule has 0 aromatic rings. The minimum Gasteiger partial charge on any atom is -0.393 e. The number of halogens is 6. The maximum absolute atomic E-state index is 6.79. The Kier molecular flexibility index (Phi) is 5.56. The van der Waals surface area contributed by atoms with Gasteiger partial charge in [-0.3, -0.25) is 0 Å². The molecule has 0 heterocycles. The maximum atomic E-state index is 6.79. The SMILES string of the molecule is CCO[Si](OCC)C1C(C)C2(Cl)C(Cl)=C(Cl)C1(Cl)C2(Cl)Cl. The fourth-order valence-electron chi connectivity index (χ4n) is 3.12. The van der Waals surface area contributed by atoms with Gasteiger partial charge in [0.05, 0.1) is 10.1 Å². The molecule has 2 aliphatic carbocycles. The van der Waals surface area contributed by atoms with Crippen molar-refractivity contribution in [3.63, 3.8) is 0 Å². The second-order valence-electron chi connectivity index (χ2n) is 5.08. The van der Waals surface area contributed by atoms with Crippen LogP contribution in [0.1, 0.15) is 20.8 Å². The highest BCUT2D eigenvalue weighted by Gasteiger charge is 2.83. The Balaban J connectivity index is 2.56. The average molecular weight is 432 g/mol. The zero-order valence-corrected chi connectivity index (χ0v) is 17.2. The Hall–Kier alpha value is 1.62. The summed E-state index contributed by atoms with van der Waals surface area (Å²) in [7, 11) is -1.79. The summed E-state index contributed by atoms with van der Waals surface area (Å²) >= 11 is 39.2. The van der Waals surface area contributed by atoms with Crippen molar-refractivity contribution in [1.82, 2.24) is 0 Å². The number of fused-ring (bicyclic) bond motifs is 2. The lowest BCUT2D eigenvalue weighted by Gasteiger charge is -2.37. The van der Waals surface area contributed by atoms with Crippen LogP contribution < -0.4 is 0 Å². The van der Waals surface area contributed by atoms with Gasteiger partial charge < -0.3 is 8.85 Å². The molecule has 1 radical (unpaired) electrons. The van der Waals surface area contributed by atoms with E-state index in [1.165, 1.54) is 0 Å². The molecule has 2 nitrogen and oxygen atoms in total. The highest BCUT2D eigenvalue weighted by Crippen LogP contribution is 2.78. The molecule has 2 aliphatic rings. The van der Waals surface area contributed by atoms with Gasteiger partial charge in [0.1, 0.15) is 9.75 Å². The standard InChI is InChI=1S/C12H15Cl6O2Si/c1-4-19-21(20-5-2)9-6(3)10(15)7(13)8(14)11(9,16)12(10,17)18/h6,9H,4-5H2,1-3H3. The summed E-state index contributed by atoms with van der Waals surface area (Å²) in [5.74, 6) is -0.242. The molecule has 0 N–H and O–H groups in total. The molecule has 2 rings (SSSR count). The molecule has 21 heavy (non-hydrogen) atoms. The summed E-state index contributed by atoms with van der Waals surface area (Å²) in [5, 5.41) is 0.403. The molecule has 0 aromatic carbocycles. The topological polar surface area (TPSA) is 18.5 Å². The van der Waals surface area contributed by atoms with E-state index in [4.69, 9.17) is 78.5 Å². The van der Waals surface area contributed by atoms with E-state index in [0.29, 0.717) is 13.2 Å². The third-order valence-electron chi connectivity index (χ3n) is 4.13. The van der Waals surface area contributed by atoms with Gasteiger partial charge >= 0.3 is 9.28 Å². The van der Waals surface area contributed by atoms with Crippen LogP contribution >= 0.6 is 69.6 Å². The Labute approximate surface area is 156 Å². The van der Waals surface area contributed by atoms with E-state index in [9.17, 15) is 0 Å². The third kappa shape index (κ3) is 2.19. The molecule has 0 spiro atoms. The maximum Gasteiger partial charge on any atom is 0.390 e. The fourth-order valence-corrected chi connectivity index (χ4v) is 9.10. The van der Waals surface area contributed by atoms with Gasteiger partial charge in [0.2, 0.25) is 0 Å². The number of alkyl halides is 4. The molecule has 121 valence electrons. The van der Waals surface area contributed by atoms with Crippen molar-refractivity contribution >= 4 is 78.9 Å². The molecule has 4 unspecified atom stereocenters. The second kappa shape index (κ2) is 6.16. The normalized spacial score (nSPS) is 41.4. The van der Waals surface area contributed by atoms with Crippen molar-refractivity contribution in [2.75, 3.05) is 13.2 Å². The minimum atomic E-state index is -1.79. The average Bonchev–Trinajstić information content (AvgIpc) is 2.60. The Morgan fingerprint density at radius 3 is 1.76 bits per heavy atom. The van der Waals surface area contributed by atoms with Crippen LogP contribution in [0.5, 0.6) is 0 Å². The van der Waals surface area contributed by atoms with Crippen LogP contribution in [0.4, 0.5) is 0 Å². The Morgan fingerprint density at radius 2 is 1.38 bits per heavy atom. The summed E-state index contributed by atoms with van der Waals surface area (Å²) in [6.07, 6.45) is 0. The fraction of sp³-hybridized carbons (Fsp3) is 0.833. The molecular weight excluding hydrogens is 417 g/mol. The smallest absolute Gasteiger partial charge is 0.390 e. The third-order valence-corrected chi connectivity index (χ3v) is 11.3. The van der Waals surface area contributed by atoms with E-state index >= 15 is 0 Å². The van der Waals surface area contributed by atoms with E-state index in [0.717, 1.165) is 0 Å². The van der Waals surface area contributed by atoms with Crippen LogP contribution in [0.3, 0.4) is 0 Å². The van der Waals surface area contributed by atoms with E-state index in [1.54, 1.807) is 0 Å². The predicted molar refractivity (Wildman–Crippen MR) is 92.3 cm³/mol. The largest absolute Gasteiger partial charge is 0.393 e. The molecule has 0 aliphatic heterocycles. The first kappa shape index (κ1) is 18.9. The first-order valence-electron chi connectivity index (χ1n) is 6.56. The van der Waals surface area contributed by atoms with Crippen LogP contribution in [-0.4, -0.2) is 36.6 Å². The summed E-state index contributed by atoms with van der Waals surface area (Å²) in [6, 6.07) is 0. The van der Waals surface area contributed by atoms with Gasteiger partial charge in [0, 0.05) is 18.8 Å². The second-order valence-corrected chi connectivity index (χ2v) is 10.2. The van der Waals surface area contributed by atoms with Gasteiger partial charge in [-0.15, -0.1) is 23.2 Å². The summed E-state index contributed by atoms with van der Waals surface area (Å²) < 4.78 is 10.0. The van der Waals surface area contributed by atoms with Crippen LogP contribution in [0.15, 0.2) is 10.1 Å². The molecule has 9 heteroatoms. The molecule has 0 aromatic heterocycles. The first-order valence-corrected chi connectivity index (χ1v) is 10.2. The molecule has 2 bridgehead atoms. The molecule has 0 amide bonds. The van der Waals surface area contributed by atoms with Crippen LogP contribution in [0.2, 0.25) is 5.54 Å². The molecule has 0 saturated heterocycles. The van der Waals surface area contributed by atoms with E-state index in [2.05, 4.69) is 0 Å². The van der Waals surface area contributed by atoms with Gasteiger partial charge in [0.15, 0.2) is 4.33 Å². The molecule has 1 fully saturated rings. The van der Waals surface area contributed by atoms with Crippen molar-refractivity contribution in [3.05, 3.63) is 10.1 Å². The molecular formula is C12H15Cl6O2Si. The van der Waals surface area contributed by atoms with E-state index in [1.807, 2.05) is 20.8 Å². The van der Waals surface area contributed by atoms with Crippen molar-refractivity contribution < 1.29 is 8.85 Å². The zero-order valence-electron chi connectivity index (χ0n) is 11.7. The monoisotopic (exact) mass is 429 g/mol. The van der Waals surface area contributed by atoms with Gasteiger partial charge in [-0.25, -0.2) is 0 Å². The highest BCUT2D eigenvalue weighted by atomic mass is 35.5. The zero-order chi connectivity index (χ0) is 16.2. The van der Waals surface area contributed by atoms with Crippen molar-refractivity contribution in [1.29, 1.82) is 0 Å². The summed E-state index contributed by atoms with van der Waals surface area (Å²) in [5.41, 5.74) is -0.327. The number of allylic oxidation sites excluding steroid dienone is 2. The lowest BCUT2D eigenvalue weighted by atomic mass is 9.93. The predicted octanol–water partition coefficient (Wildman–Crippen LogP) is 5.40. The van der Waals surface area contributed by atoms with Crippen LogP contribution in [0.25, 0.3) is 0 Å². The minimum absolute atomic E-state index is 0.191. The molecule has 4 atom stereocenters. The number of hydrogen-bond acceptors (Lipinski definition) is 2. The lowest BCUT2D eigenvalue weighted by molar-refractivity contribution is 0.194. The number of hydrogen-bond donors (Lipinski definition) is 0. The van der Waals surface area contributed by atoms with Gasteiger partial charge in [0.25, 0.3) is 0 Å². The van der Waals surface area contributed by atoms with Gasteiger partial charge in [-0.2, -0.15) is 0 Å². The van der Waals surface area contributed by atoms with Crippen molar-refractivity contribution in [2.24, 2.45) is 5.92 Å². The quantitative estimate of drug-likeness (QED) is 0.428. The van der Waals surface area contributed by atoms with Crippen LogP contribution in [0, 0.1) is 5.92 Å². The first-order chi connectivity index (χ1) is 9.62. The molecule has 1 saturated carbocycles. The lowest BCUT2D eigenvalue weighted by Crippen LogP contribution is -2.47. The Bertz CT molecular complexity index is 467.